The summed E-state index contributed by atoms with van der Waals surface area (Å²) in [5.41, 5.74) is 0.628. The van der Waals surface area contributed by atoms with Crippen molar-refractivity contribution in [3.05, 3.63) is 57.7 Å². The average Bonchev–Trinajstić information content (AvgIpc) is 3.19. The lowest BCUT2D eigenvalue weighted by Gasteiger charge is -2.02. The zero-order chi connectivity index (χ0) is 15.5. The number of nitrogens with one attached hydrogen (secondary N) is 1. The van der Waals surface area contributed by atoms with Gasteiger partial charge in [0.2, 0.25) is 0 Å². The quantitative estimate of drug-likeness (QED) is 0.739. The molecule has 0 spiro atoms. The van der Waals surface area contributed by atoms with Crippen LogP contribution in [0, 0.1) is 13.8 Å². The fourth-order valence-corrected chi connectivity index (χ4v) is 4.16. The highest BCUT2D eigenvalue weighted by molar-refractivity contribution is 7.21. The third-order valence-electron chi connectivity index (χ3n) is 3.37. The van der Waals surface area contributed by atoms with Gasteiger partial charge < -0.3 is 9.73 Å². The van der Waals surface area contributed by atoms with Crippen LogP contribution in [0.3, 0.4) is 0 Å². The first-order valence-electron chi connectivity index (χ1n) is 7.11. The normalized spacial score (nSPS) is 10.8. The Balaban J connectivity index is 1.55. The number of carbonyl (C=O) groups is 1. The van der Waals surface area contributed by atoms with Crippen LogP contribution in [0.4, 0.5) is 0 Å². The van der Waals surface area contributed by atoms with Gasteiger partial charge in [-0.15, -0.1) is 22.7 Å². The van der Waals surface area contributed by atoms with Gasteiger partial charge in [0.05, 0.1) is 5.56 Å². The first kappa shape index (κ1) is 15.1. The summed E-state index contributed by atoms with van der Waals surface area (Å²) in [4.78, 5) is 16.0. The molecule has 5 heteroatoms. The molecule has 3 rings (SSSR count). The van der Waals surface area contributed by atoms with Gasteiger partial charge in [-0.2, -0.15) is 0 Å². The molecule has 3 nitrogen and oxygen atoms in total. The van der Waals surface area contributed by atoms with Gasteiger partial charge in [-0.1, -0.05) is 6.07 Å². The summed E-state index contributed by atoms with van der Waals surface area (Å²) in [5, 5.41) is 5.04. The van der Waals surface area contributed by atoms with Gasteiger partial charge in [-0.3, -0.25) is 4.79 Å². The van der Waals surface area contributed by atoms with Gasteiger partial charge in [0.25, 0.3) is 5.91 Å². The summed E-state index contributed by atoms with van der Waals surface area (Å²) in [5.74, 6) is 1.37. The number of hydrogen-bond acceptors (Lipinski definition) is 4. The topological polar surface area (TPSA) is 42.2 Å². The summed E-state index contributed by atoms with van der Waals surface area (Å²) in [6.07, 6.45) is 0.845. The van der Waals surface area contributed by atoms with E-state index in [1.54, 1.807) is 28.7 Å². The van der Waals surface area contributed by atoms with Crippen molar-refractivity contribution in [1.29, 1.82) is 0 Å². The number of thiophene rings is 2. The molecule has 3 aromatic heterocycles. The Morgan fingerprint density at radius 3 is 2.77 bits per heavy atom. The Labute approximate surface area is 137 Å². The number of amides is 1. The van der Waals surface area contributed by atoms with E-state index in [2.05, 4.69) is 35.0 Å². The van der Waals surface area contributed by atoms with Crippen molar-refractivity contribution in [2.24, 2.45) is 0 Å². The first-order valence-corrected chi connectivity index (χ1v) is 8.81. The minimum atomic E-state index is -0.0654. The Kier molecular flexibility index (Phi) is 4.45. The van der Waals surface area contributed by atoms with Crippen molar-refractivity contribution >= 4 is 28.6 Å². The van der Waals surface area contributed by atoms with Crippen LogP contribution in [0.5, 0.6) is 0 Å². The summed E-state index contributed by atoms with van der Waals surface area (Å²) >= 11 is 3.54. The lowest BCUT2D eigenvalue weighted by Crippen LogP contribution is -2.25. The average molecular weight is 331 g/mol. The van der Waals surface area contributed by atoms with Crippen LogP contribution in [-0.2, 0) is 6.42 Å². The van der Waals surface area contributed by atoms with E-state index in [1.807, 2.05) is 13.8 Å². The molecule has 0 unspecified atom stereocenters. The second kappa shape index (κ2) is 6.50. The van der Waals surface area contributed by atoms with E-state index in [0.29, 0.717) is 17.9 Å². The molecule has 0 aromatic carbocycles. The lowest BCUT2D eigenvalue weighted by atomic mass is 10.2. The molecule has 22 heavy (non-hydrogen) atoms. The summed E-state index contributed by atoms with van der Waals surface area (Å²) in [6, 6.07) is 10.3. The van der Waals surface area contributed by atoms with Crippen LogP contribution in [-0.4, -0.2) is 12.5 Å². The summed E-state index contributed by atoms with van der Waals surface area (Å²) < 4.78 is 5.39. The van der Waals surface area contributed by atoms with E-state index in [1.165, 1.54) is 14.6 Å². The Bertz CT molecular complexity index is 769. The zero-order valence-corrected chi connectivity index (χ0v) is 14.1. The van der Waals surface area contributed by atoms with Gasteiger partial charge in [0.1, 0.15) is 11.5 Å². The Morgan fingerprint density at radius 1 is 1.23 bits per heavy atom. The van der Waals surface area contributed by atoms with E-state index in [4.69, 9.17) is 4.42 Å². The second-order valence-corrected chi connectivity index (χ2v) is 7.19. The molecule has 0 saturated carbocycles. The highest BCUT2D eigenvalue weighted by Crippen LogP contribution is 2.31. The first-order chi connectivity index (χ1) is 10.6. The van der Waals surface area contributed by atoms with Crippen LogP contribution in [0.1, 0.15) is 26.8 Å². The van der Waals surface area contributed by atoms with Crippen molar-refractivity contribution < 1.29 is 9.21 Å². The van der Waals surface area contributed by atoms with Crippen molar-refractivity contribution in [1.82, 2.24) is 5.32 Å². The third-order valence-corrected chi connectivity index (χ3v) is 5.58. The van der Waals surface area contributed by atoms with Crippen molar-refractivity contribution in [2.45, 2.75) is 20.3 Å². The summed E-state index contributed by atoms with van der Waals surface area (Å²) in [6.45, 7) is 4.29. The molecule has 0 aliphatic heterocycles. The standard InChI is InChI=1S/C17H17NO2S2/c1-11-10-14(12(2)20-11)17(19)18-8-7-13-5-6-16(22-13)15-4-3-9-21-15/h3-6,9-10H,7-8H2,1-2H3,(H,18,19). The number of furan rings is 1. The second-order valence-electron chi connectivity index (χ2n) is 5.08. The molecule has 1 N–H and O–H groups in total. The van der Waals surface area contributed by atoms with E-state index >= 15 is 0 Å². The van der Waals surface area contributed by atoms with Gasteiger partial charge >= 0.3 is 0 Å². The van der Waals surface area contributed by atoms with Crippen LogP contribution < -0.4 is 5.32 Å². The molecule has 0 saturated heterocycles. The van der Waals surface area contributed by atoms with Crippen molar-refractivity contribution in [3.8, 4) is 9.75 Å². The molecule has 0 radical (unpaired) electrons. The Morgan fingerprint density at radius 2 is 2.09 bits per heavy atom. The van der Waals surface area contributed by atoms with Crippen molar-refractivity contribution in [3.63, 3.8) is 0 Å². The fourth-order valence-electron chi connectivity index (χ4n) is 2.31. The zero-order valence-electron chi connectivity index (χ0n) is 12.5. The van der Waals surface area contributed by atoms with Gasteiger partial charge in [0, 0.05) is 21.2 Å². The molecule has 0 aliphatic carbocycles. The molecule has 3 heterocycles. The van der Waals surface area contributed by atoms with Crippen molar-refractivity contribution in [2.75, 3.05) is 6.54 Å². The van der Waals surface area contributed by atoms with E-state index < -0.39 is 0 Å². The molecule has 1 amide bonds. The molecule has 114 valence electrons. The van der Waals surface area contributed by atoms with E-state index in [0.717, 1.165) is 12.2 Å². The fraction of sp³-hybridized carbons (Fsp3) is 0.235. The SMILES string of the molecule is Cc1cc(C(=O)NCCc2ccc(-c3cccs3)s2)c(C)o1. The number of aryl methyl sites for hydroxylation is 2. The monoisotopic (exact) mass is 331 g/mol. The molecule has 0 aliphatic rings. The third kappa shape index (κ3) is 3.31. The molecule has 3 aromatic rings. The van der Waals surface area contributed by atoms with Crippen LogP contribution >= 0.6 is 22.7 Å². The maximum absolute atomic E-state index is 12.1. The Hall–Kier alpha value is -1.85. The number of hydrogen-bond donors (Lipinski definition) is 1. The number of carbonyl (C=O) groups excluding carboxylic acids is 1. The van der Waals surface area contributed by atoms with Crippen LogP contribution in [0.25, 0.3) is 9.75 Å². The lowest BCUT2D eigenvalue weighted by molar-refractivity contribution is 0.0952. The molecule has 0 bridgehead atoms. The van der Waals surface area contributed by atoms with Gasteiger partial charge in [-0.25, -0.2) is 0 Å². The molecular formula is C17H17NO2S2. The maximum atomic E-state index is 12.1. The smallest absolute Gasteiger partial charge is 0.254 e. The molecule has 0 fully saturated rings. The van der Waals surface area contributed by atoms with Gasteiger partial charge in [-0.05, 0) is 49.9 Å². The highest BCUT2D eigenvalue weighted by Gasteiger charge is 2.13. The minimum absolute atomic E-state index is 0.0654. The van der Waals surface area contributed by atoms with E-state index in [-0.39, 0.29) is 5.91 Å². The summed E-state index contributed by atoms with van der Waals surface area (Å²) in [7, 11) is 0. The van der Waals surface area contributed by atoms with E-state index in [9.17, 15) is 4.79 Å². The predicted molar refractivity (Wildman–Crippen MR) is 91.9 cm³/mol. The van der Waals surface area contributed by atoms with Gasteiger partial charge in [0.15, 0.2) is 0 Å². The van der Waals surface area contributed by atoms with Crippen LogP contribution in [0.15, 0.2) is 40.1 Å². The number of rotatable bonds is 5. The largest absolute Gasteiger partial charge is 0.466 e. The molecular weight excluding hydrogens is 314 g/mol. The van der Waals surface area contributed by atoms with Crippen LogP contribution in [0.2, 0.25) is 0 Å². The minimum Gasteiger partial charge on any atom is -0.466 e. The maximum Gasteiger partial charge on any atom is 0.254 e. The predicted octanol–water partition coefficient (Wildman–Crippen LogP) is 4.66. The molecule has 0 atom stereocenters. The highest BCUT2D eigenvalue weighted by atomic mass is 32.1.